The molecule has 0 bridgehead atoms. The molecule has 0 fully saturated rings. The first-order chi connectivity index (χ1) is 14.6. The van der Waals surface area contributed by atoms with Gasteiger partial charge >= 0.3 is 5.97 Å². The molecule has 0 radical (unpaired) electrons. The van der Waals surface area contributed by atoms with Gasteiger partial charge in [-0.1, -0.05) is 72.8 Å². The van der Waals surface area contributed by atoms with Crippen LogP contribution in [0, 0.1) is 0 Å². The van der Waals surface area contributed by atoms with E-state index in [1.807, 2.05) is 84.9 Å². The van der Waals surface area contributed by atoms with Crippen molar-refractivity contribution >= 4 is 11.9 Å². The lowest BCUT2D eigenvalue weighted by molar-refractivity contribution is -0.144. The van der Waals surface area contributed by atoms with E-state index in [9.17, 15) is 14.7 Å². The Hall–Kier alpha value is -3.60. The van der Waals surface area contributed by atoms with Gasteiger partial charge in [0.1, 0.15) is 18.9 Å². The number of amides is 1. The topological polar surface area (TPSA) is 66.8 Å². The van der Waals surface area contributed by atoms with Crippen molar-refractivity contribution in [2.45, 2.75) is 19.4 Å². The Morgan fingerprint density at radius 3 is 1.97 bits per heavy atom. The van der Waals surface area contributed by atoms with Gasteiger partial charge in [0.25, 0.3) is 0 Å². The number of carboxylic acids is 1. The van der Waals surface area contributed by atoms with Gasteiger partial charge < -0.3 is 14.7 Å². The summed E-state index contributed by atoms with van der Waals surface area (Å²) in [5, 5.41) is 9.18. The maximum atomic E-state index is 12.7. The zero-order valence-corrected chi connectivity index (χ0v) is 16.7. The van der Waals surface area contributed by atoms with E-state index in [2.05, 4.69) is 0 Å². The minimum Gasteiger partial charge on any atom is -0.489 e. The second-order valence-corrected chi connectivity index (χ2v) is 7.04. The first-order valence-electron chi connectivity index (χ1n) is 9.89. The van der Waals surface area contributed by atoms with Gasteiger partial charge in [0, 0.05) is 6.54 Å². The molecule has 5 heteroatoms. The highest BCUT2D eigenvalue weighted by Crippen LogP contribution is 2.15. The Morgan fingerprint density at radius 2 is 1.37 bits per heavy atom. The fourth-order valence-electron chi connectivity index (χ4n) is 3.09. The quantitative estimate of drug-likeness (QED) is 0.556. The average Bonchev–Trinajstić information content (AvgIpc) is 2.77. The molecule has 3 rings (SSSR count). The lowest BCUT2D eigenvalue weighted by Gasteiger charge is -2.21. The number of carbonyl (C=O) groups excluding carboxylic acids is 1. The summed E-state index contributed by atoms with van der Waals surface area (Å²) in [6.45, 7) is 0.544. The number of hydrogen-bond acceptors (Lipinski definition) is 3. The molecule has 0 saturated carbocycles. The Labute approximate surface area is 176 Å². The molecule has 0 aliphatic heterocycles. The molecule has 0 aliphatic carbocycles. The Balaban J connectivity index is 1.55. The van der Waals surface area contributed by atoms with Crippen LogP contribution in [-0.4, -0.2) is 35.0 Å². The second kappa shape index (κ2) is 10.8. The number of ether oxygens (including phenoxy) is 1. The fourth-order valence-corrected chi connectivity index (χ4v) is 3.09. The van der Waals surface area contributed by atoms with Crippen molar-refractivity contribution in [3.05, 3.63) is 102 Å². The number of rotatable bonds is 10. The highest BCUT2D eigenvalue weighted by molar-refractivity contribution is 5.83. The predicted octanol–water partition coefficient (Wildman–Crippen LogP) is 3.96. The molecule has 1 N–H and O–H groups in total. The number of hydrogen-bond donors (Lipinski definition) is 1. The minimum absolute atomic E-state index is 0.154. The molecule has 0 heterocycles. The van der Waals surface area contributed by atoms with Gasteiger partial charge in [-0.25, -0.2) is 0 Å². The van der Waals surface area contributed by atoms with Crippen molar-refractivity contribution in [2.24, 2.45) is 0 Å². The highest BCUT2D eigenvalue weighted by atomic mass is 16.5. The van der Waals surface area contributed by atoms with E-state index < -0.39 is 5.97 Å². The molecule has 0 unspecified atom stereocenters. The molecule has 0 saturated heterocycles. The summed E-state index contributed by atoms with van der Waals surface area (Å²) in [5.41, 5.74) is 2.97. The van der Waals surface area contributed by atoms with Gasteiger partial charge in [0.2, 0.25) is 5.91 Å². The molecule has 0 aliphatic rings. The summed E-state index contributed by atoms with van der Waals surface area (Å²) in [6.07, 6.45) is 0.771. The number of nitrogens with zero attached hydrogens (tertiary/aromatic N) is 1. The highest BCUT2D eigenvalue weighted by Gasteiger charge is 2.17. The van der Waals surface area contributed by atoms with Crippen molar-refractivity contribution in [2.75, 3.05) is 13.1 Å². The predicted molar refractivity (Wildman–Crippen MR) is 115 cm³/mol. The largest absolute Gasteiger partial charge is 0.489 e. The maximum absolute atomic E-state index is 12.7. The van der Waals surface area contributed by atoms with Crippen molar-refractivity contribution in [1.29, 1.82) is 0 Å². The SMILES string of the molecule is O=C(O)CN(CCc1ccccc1)C(=O)Cc1ccc(OCc2ccccc2)cc1. The van der Waals surface area contributed by atoms with Crippen molar-refractivity contribution in [3.63, 3.8) is 0 Å². The van der Waals surface area contributed by atoms with Gasteiger partial charge in [0.15, 0.2) is 0 Å². The molecular weight excluding hydrogens is 378 g/mol. The van der Waals surface area contributed by atoms with Crippen molar-refractivity contribution in [3.8, 4) is 5.75 Å². The van der Waals surface area contributed by atoms with Gasteiger partial charge in [0.05, 0.1) is 6.42 Å². The molecule has 30 heavy (non-hydrogen) atoms. The molecule has 5 nitrogen and oxygen atoms in total. The first-order valence-corrected chi connectivity index (χ1v) is 9.89. The van der Waals surface area contributed by atoms with E-state index in [0.29, 0.717) is 19.6 Å². The summed E-state index contributed by atoms with van der Waals surface area (Å²) in [7, 11) is 0. The third-order valence-electron chi connectivity index (χ3n) is 4.72. The molecule has 154 valence electrons. The Kier molecular flexibility index (Phi) is 7.61. The molecule has 1 amide bonds. The zero-order chi connectivity index (χ0) is 21.2. The number of carboxylic acid groups (broad SMARTS) is 1. The van der Waals surface area contributed by atoms with E-state index in [-0.39, 0.29) is 18.9 Å². The van der Waals surface area contributed by atoms with Crippen LogP contribution in [0.5, 0.6) is 5.75 Å². The minimum atomic E-state index is -1.01. The van der Waals surface area contributed by atoms with Gasteiger partial charge in [-0.3, -0.25) is 9.59 Å². The number of benzene rings is 3. The van der Waals surface area contributed by atoms with Crippen LogP contribution in [0.3, 0.4) is 0 Å². The first kappa shape index (κ1) is 21.1. The van der Waals surface area contributed by atoms with E-state index in [1.165, 1.54) is 4.90 Å². The molecule has 0 atom stereocenters. The van der Waals surface area contributed by atoms with Crippen LogP contribution < -0.4 is 4.74 Å². The van der Waals surface area contributed by atoms with E-state index in [1.54, 1.807) is 0 Å². The molecule has 3 aromatic carbocycles. The molecular formula is C25H25NO4. The van der Waals surface area contributed by atoms with Gasteiger partial charge in [-0.2, -0.15) is 0 Å². The lowest BCUT2D eigenvalue weighted by Crippen LogP contribution is -2.38. The van der Waals surface area contributed by atoms with E-state index >= 15 is 0 Å². The summed E-state index contributed by atoms with van der Waals surface area (Å²) < 4.78 is 5.77. The van der Waals surface area contributed by atoms with Crippen molar-refractivity contribution < 1.29 is 19.4 Å². The monoisotopic (exact) mass is 403 g/mol. The number of carbonyl (C=O) groups is 2. The van der Waals surface area contributed by atoms with Gasteiger partial charge in [-0.05, 0) is 35.2 Å². The number of aliphatic carboxylic acids is 1. The van der Waals surface area contributed by atoms with E-state index in [0.717, 1.165) is 22.4 Å². The second-order valence-electron chi connectivity index (χ2n) is 7.04. The third-order valence-corrected chi connectivity index (χ3v) is 4.72. The van der Waals surface area contributed by atoms with E-state index in [4.69, 9.17) is 4.74 Å². The molecule has 0 aromatic heterocycles. The Bertz CT molecular complexity index is 940. The summed E-state index contributed by atoms with van der Waals surface area (Å²) in [6, 6.07) is 27.0. The van der Waals surface area contributed by atoms with Crippen LogP contribution in [-0.2, 0) is 29.0 Å². The average molecular weight is 403 g/mol. The van der Waals surface area contributed by atoms with Crippen LogP contribution in [0.25, 0.3) is 0 Å². The third kappa shape index (κ3) is 6.78. The smallest absolute Gasteiger partial charge is 0.323 e. The van der Waals surface area contributed by atoms with Crippen LogP contribution in [0.4, 0.5) is 0 Å². The summed E-state index contributed by atoms with van der Waals surface area (Å²) in [5.74, 6) is -0.492. The maximum Gasteiger partial charge on any atom is 0.323 e. The normalized spacial score (nSPS) is 10.4. The summed E-state index contributed by atoms with van der Waals surface area (Å²) >= 11 is 0. The zero-order valence-electron chi connectivity index (χ0n) is 16.7. The van der Waals surface area contributed by atoms with Crippen LogP contribution in [0.1, 0.15) is 16.7 Å². The lowest BCUT2D eigenvalue weighted by atomic mass is 10.1. The Morgan fingerprint density at radius 1 is 0.767 bits per heavy atom. The summed E-state index contributed by atoms with van der Waals surface area (Å²) in [4.78, 5) is 25.3. The molecule has 0 spiro atoms. The standard InChI is InChI=1S/C25H25NO4/c27-24(26(18-25(28)29)16-15-20-7-3-1-4-8-20)17-21-11-13-23(14-12-21)30-19-22-9-5-2-6-10-22/h1-14H,15-19H2,(H,28,29). The van der Waals surface area contributed by atoms with Crippen LogP contribution in [0.15, 0.2) is 84.9 Å². The van der Waals surface area contributed by atoms with Crippen LogP contribution in [0.2, 0.25) is 0 Å². The fraction of sp³-hybridized carbons (Fsp3) is 0.200. The van der Waals surface area contributed by atoms with Crippen molar-refractivity contribution in [1.82, 2.24) is 4.90 Å². The molecule has 3 aromatic rings. The van der Waals surface area contributed by atoms with Crippen LogP contribution >= 0.6 is 0 Å². The van der Waals surface area contributed by atoms with Gasteiger partial charge in [-0.15, -0.1) is 0 Å².